The topological polar surface area (TPSA) is 66.5 Å². The van der Waals surface area contributed by atoms with Crippen molar-refractivity contribution in [3.05, 3.63) is 27.1 Å². The average molecular weight is 390 g/mol. The standard InChI is InChI=1S/C12H10Br2N2O3/c1-12(2)9(17)15-11(19)16(10(12)18)8-5-6(13)3-4-7(8)14/h3-5H,1-2H3,(H,15,17,19). The lowest BCUT2D eigenvalue weighted by Gasteiger charge is -2.34. The lowest BCUT2D eigenvalue weighted by atomic mass is 9.88. The van der Waals surface area contributed by atoms with Crippen LogP contribution in [-0.4, -0.2) is 17.8 Å². The summed E-state index contributed by atoms with van der Waals surface area (Å²) in [5, 5.41) is 2.19. The maximum absolute atomic E-state index is 12.3. The first-order valence-electron chi connectivity index (χ1n) is 5.40. The fraction of sp³-hybridized carbons (Fsp3) is 0.250. The summed E-state index contributed by atoms with van der Waals surface area (Å²) >= 11 is 6.58. The number of urea groups is 1. The summed E-state index contributed by atoms with van der Waals surface area (Å²) in [7, 11) is 0. The molecule has 1 aromatic carbocycles. The van der Waals surface area contributed by atoms with E-state index >= 15 is 0 Å². The van der Waals surface area contributed by atoms with Crippen LogP contribution >= 0.6 is 31.9 Å². The van der Waals surface area contributed by atoms with Crippen LogP contribution in [0.2, 0.25) is 0 Å². The lowest BCUT2D eigenvalue weighted by molar-refractivity contribution is -0.140. The van der Waals surface area contributed by atoms with E-state index in [0.29, 0.717) is 10.2 Å². The highest BCUT2D eigenvalue weighted by atomic mass is 79.9. The third kappa shape index (κ3) is 2.32. The zero-order chi connectivity index (χ0) is 14.4. The number of rotatable bonds is 1. The van der Waals surface area contributed by atoms with Gasteiger partial charge < -0.3 is 0 Å². The molecule has 1 aromatic rings. The van der Waals surface area contributed by atoms with Crippen molar-refractivity contribution in [1.82, 2.24) is 5.32 Å². The Morgan fingerprint density at radius 1 is 1.16 bits per heavy atom. The lowest BCUT2D eigenvalue weighted by Crippen LogP contribution is -2.62. The molecule has 2 rings (SSSR count). The molecule has 1 N–H and O–H groups in total. The summed E-state index contributed by atoms with van der Waals surface area (Å²) in [5.74, 6) is -1.15. The fourth-order valence-corrected chi connectivity index (χ4v) is 2.43. The first-order chi connectivity index (χ1) is 8.75. The van der Waals surface area contributed by atoms with E-state index < -0.39 is 23.3 Å². The van der Waals surface area contributed by atoms with Gasteiger partial charge in [-0.05, 0) is 48.0 Å². The minimum Gasteiger partial charge on any atom is -0.276 e. The van der Waals surface area contributed by atoms with Crippen molar-refractivity contribution in [3.8, 4) is 0 Å². The first kappa shape index (κ1) is 14.2. The normalized spacial score (nSPS) is 18.5. The second-order valence-corrected chi connectivity index (χ2v) is 6.39. The molecule has 7 heteroatoms. The molecule has 100 valence electrons. The molecular weight excluding hydrogens is 380 g/mol. The Balaban J connectivity index is 2.55. The monoisotopic (exact) mass is 388 g/mol. The predicted molar refractivity (Wildman–Crippen MR) is 76.6 cm³/mol. The zero-order valence-corrected chi connectivity index (χ0v) is 13.3. The Kier molecular flexibility index (Phi) is 3.53. The quantitative estimate of drug-likeness (QED) is 0.751. The van der Waals surface area contributed by atoms with E-state index in [1.165, 1.54) is 13.8 Å². The number of amides is 4. The summed E-state index contributed by atoms with van der Waals surface area (Å²) in [5.41, 5.74) is -0.896. The average Bonchev–Trinajstić information content (AvgIpc) is 2.32. The fourth-order valence-electron chi connectivity index (χ4n) is 1.65. The van der Waals surface area contributed by atoms with Crippen molar-refractivity contribution in [1.29, 1.82) is 0 Å². The number of hydrogen-bond acceptors (Lipinski definition) is 3. The highest BCUT2D eigenvalue weighted by Crippen LogP contribution is 2.34. The molecule has 0 spiro atoms. The van der Waals surface area contributed by atoms with Crippen LogP contribution < -0.4 is 10.2 Å². The Hall–Kier alpha value is -1.21. The van der Waals surface area contributed by atoms with Crippen LogP contribution in [0.3, 0.4) is 0 Å². The number of imide groups is 2. The number of halogens is 2. The molecule has 1 saturated heterocycles. The van der Waals surface area contributed by atoms with Gasteiger partial charge in [0.2, 0.25) is 11.8 Å². The van der Waals surface area contributed by atoms with Gasteiger partial charge in [-0.3, -0.25) is 14.9 Å². The second kappa shape index (κ2) is 4.72. The van der Waals surface area contributed by atoms with Crippen LogP contribution in [0, 0.1) is 5.41 Å². The summed E-state index contributed by atoms with van der Waals surface area (Å²) < 4.78 is 1.31. The van der Waals surface area contributed by atoms with Crippen molar-refractivity contribution >= 4 is 55.4 Å². The molecule has 0 unspecified atom stereocenters. The summed E-state index contributed by atoms with van der Waals surface area (Å²) in [6, 6.07) is 4.38. The van der Waals surface area contributed by atoms with Gasteiger partial charge in [-0.1, -0.05) is 15.9 Å². The van der Waals surface area contributed by atoms with E-state index in [4.69, 9.17) is 0 Å². The van der Waals surface area contributed by atoms with Crippen molar-refractivity contribution in [2.45, 2.75) is 13.8 Å². The van der Waals surface area contributed by atoms with Crippen LogP contribution in [0.5, 0.6) is 0 Å². The number of carbonyl (C=O) groups excluding carboxylic acids is 3. The molecule has 1 fully saturated rings. The van der Waals surface area contributed by atoms with Crippen LogP contribution in [0.1, 0.15) is 13.8 Å². The minimum atomic E-state index is -1.28. The van der Waals surface area contributed by atoms with Gasteiger partial charge in [0.05, 0.1) is 5.69 Å². The molecule has 1 aliphatic heterocycles. The molecule has 0 atom stereocenters. The first-order valence-corrected chi connectivity index (χ1v) is 6.99. The predicted octanol–water partition coefficient (Wildman–Crippen LogP) is 2.82. The summed E-state index contributed by atoms with van der Waals surface area (Å²) in [4.78, 5) is 36.9. The van der Waals surface area contributed by atoms with E-state index in [1.54, 1.807) is 18.2 Å². The maximum Gasteiger partial charge on any atom is 0.335 e. The van der Waals surface area contributed by atoms with Gasteiger partial charge in [0.15, 0.2) is 0 Å². The van der Waals surface area contributed by atoms with Crippen LogP contribution in [-0.2, 0) is 9.59 Å². The maximum atomic E-state index is 12.3. The smallest absolute Gasteiger partial charge is 0.276 e. The number of carbonyl (C=O) groups is 3. The minimum absolute atomic E-state index is 0.387. The summed E-state index contributed by atoms with van der Waals surface area (Å²) in [6.07, 6.45) is 0. The second-order valence-electron chi connectivity index (χ2n) is 4.62. The van der Waals surface area contributed by atoms with Gasteiger partial charge in [-0.25, -0.2) is 9.69 Å². The van der Waals surface area contributed by atoms with Crippen LogP contribution in [0.25, 0.3) is 0 Å². The Bertz CT molecular complexity index is 599. The van der Waals surface area contributed by atoms with E-state index in [9.17, 15) is 14.4 Å². The van der Waals surface area contributed by atoms with Gasteiger partial charge in [-0.15, -0.1) is 0 Å². The highest BCUT2D eigenvalue weighted by molar-refractivity contribution is 9.11. The molecule has 5 nitrogen and oxygen atoms in total. The van der Waals surface area contributed by atoms with Crippen molar-refractivity contribution in [2.24, 2.45) is 5.41 Å². The molecule has 19 heavy (non-hydrogen) atoms. The van der Waals surface area contributed by atoms with Gasteiger partial charge in [0.1, 0.15) is 5.41 Å². The van der Waals surface area contributed by atoms with Crippen molar-refractivity contribution < 1.29 is 14.4 Å². The largest absolute Gasteiger partial charge is 0.335 e. The molecular formula is C12H10Br2N2O3. The van der Waals surface area contributed by atoms with Crippen molar-refractivity contribution in [2.75, 3.05) is 4.90 Å². The van der Waals surface area contributed by atoms with E-state index in [2.05, 4.69) is 37.2 Å². The van der Waals surface area contributed by atoms with E-state index in [0.717, 1.165) is 9.37 Å². The highest BCUT2D eigenvalue weighted by Gasteiger charge is 2.48. The molecule has 1 heterocycles. The Morgan fingerprint density at radius 3 is 2.42 bits per heavy atom. The molecule has 0 saturated carbocycles. The Morgan fingerprint density at radius 2 is 1.79 bits per heavy atom. The SMILES string of the molecule is CC1(C)C(=O)NC(=O)N(c2cc(Br)ccc2Br)C1=O. The zero-order valence-electron chi connectivity index (χ0n) is 10.2. The number of barbiturate groups is 1. The van der Waals surface area contributed by atoms with Gasteiger partial charge in [0, 0.05) is 8.95 Å². The number of benzene rings is 1. The Labute approximate surface area is 126 Å². The number of hydrogen-bond donors (Lipinski definition) is 1. The molecule has 0 radical (unpaired) electrons. The summed E-state index contributed by atoms with van der Waals surface area (Å²) in [6.45, 7) is 2.96. The van der Waals surface area contributed by atoms with Crippen LogP contribution in [0.4, 0.5) is 10.5 Å². The third-order valence-corrected chi connectivity index (χ3v) is 4.04. The molecule has 0 aromatic heterocycles. The number of nitrogens with one attached hydrogen (secondary N) is 1. The van der Waals surface area contributed by atoms with Crippen molar-refractivity contribution in [3.63, 3.8) is 0 Å². The van der Waals surface area contributed by atoms with E-state index in [1.807, 2.05) is 0 Å². The molecule has 0 aliphatic carbocycles. The van der Waals surface area contributed by atoms with Gasteiger partial charge in [0.25, 0.3) is 0 Å². The van der Waals surface area contributed by atoms with E-state index in [-0.39, 0.29) is 0 Å². The molecule has 0 bridgehead atoms. The number of anilines is 1. The molecule has 4 amide bonds. The van der Waals surface area contributed by atoms with Gasteiger partial charge in [-0.2, -0.15) is 0 Å². The third-order valence-electron chi connectivity index (χ3n) is 2.88. The molecule has 1 aliphatic rings. The van der Waals surface area contributed by atoms with Crippen LogP contribution in [0.15, 0.2) is 27.1 Å². The number of nitrogens with zero attached hydrogens (tertiary/aromatic N) is 1. The van der Waals surface area contributed by atoms with Gasteiger partial charge >= 0.3 is 6.03 Å².